The molecule has 2 N–H and O–H groups in total. The zero-order chi connectivity index (χ0) is 16.4. The lowest BCUT2D eigenvalue weighted by Gasteiger charge is -2.33. The van der Waals surface area contributed by atoms with Crippen LogP contribution >= 0.6 is 0 Å². The van der Waals surface area contributed by atoms with Crippen molar-refractivity contribution in [3.8, 4) is 0 Å². The highest BCUT2D eigenvalue weighted by Gasteiger charge is 2.45. The molecule has 6 atom stereocenters. The zero-order valence-electron chi connectivity index (χ0n) is 14.5. The molecular formula is C20H32O2. The summed E-state index contributed by atoms with van der Waals surface area (Å²) in [6.07, 6.45) is 7.48. The Hall–Kier alpha value is -0.860. The van der Waals surface area contributed by atoms with Gasteiger partial charge in [-0.05, 0) is 58.3 Å². The van der Waals surface area contributed by atoms with Crippen LogP contribution in [0.25, 0.3) is 0 Å². The van der Waals surface area contributed by atoms with E-state index in [0.717, 1.165) is 36.8 Å². The van der Waals surface area contributed by atoms with E-state index in [2.05, 4.69) is 33.4 Å². The first-order valence-electron chi connectivity index (χ1n) is 8.68. The van der Waals surface area contributed by atoms with E-state index in [4.69, 9.17) is 0 Å². The van der Waals surface area contributed by atoms with E-state index >= 15 is 0 Å². The van der Waals surface area contributed by atoms with Gasteiger partial charge in [-0.1, -0.05) is 42.4 Å². The number of aliphatic hydroxyl groups excluding tert-OH is 2. The van der Waals surface area contributed by atoms with Crippen molar-refractivity contribution in [3.63, 3.8) is 0 Å². The Morgan fingerprint density at radius 2 is 2.05 bits per heavy atom. The predicted molar refractivity (Wildman–Crippen MR) is 92.4 cm³/mol. The van der Waals surface area contributed by atoms with Crippen LogP contribution in [0.4, 0.5) is 0 Å². The minimum Gasteiger partial charge on any atom is -0.392 e. The Morgan fingerprint density at radius 3 is 2.68 bits per heavy atom. The highest BCUT2D eigenvalue weighted by molar-refractivity contribution is 5.28. The van der Waals surface area contributed by atoms with Gasteiger partial charge >= 0.3 is 0 Å². The van der Waals surface area contributed by atoms with E-state index in [9.17, 15) is 10.2 Å². The summed E-state index contributed by atoms with van der Waals surface area (Å²) < 4.78 is 0. The molecule has 0 bridgehead atoms. The second-order valence-corrected chi connectivity index (χ2v) is 7.64. The van der Waals surface area contributed by atoms with Crippen molar-refractivity contribution >= 4 is 0 Å². The SMILES string of the molecule is C=C1CC[C@@H]([C@H](C)CCC=C(C)C)[C@@H](O)[C@@H]2C(C)=C[C@@H](O)[C@@H]12. The maximum Gasteiger partial charge on any atom is 0.0795 e. The first kappa shape index (κ1) is 17.5. The van der Waals surface area contributed by atoms with Gasteiger partial charge in [0.1, 0.15) is 0 Å². The smallest absolute Gasteiger partial charge is 0.0795 e. The third kappa shape index (κ3) is 3.55. The largest absolute Gasteiger partial charge is 0.392 e. The lowest BCUT2D eigenvalue weighted by Crippen LogP contribution is -2.36. The minimum absolute atomic E-state index is 0.0185. The molecule has 22 heavy (non-hydrogen) atoms. The lowest BCUT2D eigenvalue weighted by molar-refractivity contribution is 0.0174. The van der Waals surface area contributed by atoms with Crippen molar-refractivity contribution in [3.05, 3.63) is 35.5 Å². The fraction of sp³-hybridized carbons (Fsp3) is 0.700. The molecule has 0 aromatic rings. The van der Waals surface area contributed by atoms with Crippen molar-refractivity contribution in [2.75, 3.05) is 0 Å². The molecular weight excluding hydrogens is 272 g/mol. The van der Waals surface area contributed by atoms with Crippen LogP contribution in [-0.4, -0.2) is 22.4 Å². The van der Waals surface area contributed by atoms with Crippen molar-refractivity contribution in [1.82, 2.24) is 0 Å². The van der Waals surface area contributed by atoms with Crippen LogP contribution in [0, 0.1) is 23.7 Å². The van der Waals surface area contributed by atoms with Crippen LogP contribution in [-0.2, 0) is 0 Å². The molecule has 0 heterocycles. The molecule has 1 fully saturated rings. The fourth-order valence-corrected chi connectivity index (χ4v) is 4.38. The van der Waals surface area contributed by atoms with E-state index < -0.39 is 6.10 Å². The predicted octanol–water partition coefficient (Wildman–Crippen LogP) is 4.25. The maximum absolute atomic E-state index is 11.0. The summed E-state index contributed by atoms with van der Waals surface area (Å²) in [6.45, 7) is 12.8. The van der Waals surface area contributed by atoms with E-state index in [-0.39, 0.29) is 17.9 Å². The van der Waals surface area contributed by atoms with Crippen LogP contribution < -0.4 is 0 Å². The molecule has 0 aromatic heterocycles. The molecule has 2 aliphatic carbocycles. The third-order valence-electron chi connectivity index (χ3n) is 5.70. The topological polar surface area (TPSA) is 40.5 Å². The zero-order valence-corrected chi connectivity index (χ0v) is 14.5. The molecule has 2 nitrogen and oxygen atoms in total. The van der Waals surface area contributed by atoms with E-state index in [0.29, 0.717) is 11.8 Å². The summed E-state index contributed by atoms with van der Waals surface area (Å²) in [5, 5.41) is 21.3. The quantitative estimate of drug-likeness (QED) is 0.762. The Labute approximate surface area is 135 Å². The third-order valence-corrected chi connectivity index (χ3v) is 5.70. The van der Waals surface area contributed by atoms with Crippen LogP contribution in [0.15, 0.2) is 35.5 Å². The highest BCUT2D eigenvalue weighted by Crippen LogP contribution is 2.47. The van der Waals surface area contributed by atoms with Gasteiger partial charge in [0.2, 0.25) is 0 Å². The Morgan fingerprint density at radius 1 is 1.36 bits per heavy atom. The molecule has 0 saturated heterocycles. The Bertz CT molecular complexity index is 470. The van der Waals surface area contributed by atoms with Gasteiger partial charge in [0.05, 0.1) is 12.2 Å². The maximum atomic E-state index is 11.0. The second-order valence-electron chi connectivity index (χ2n) is 7.64. The number of rotatable bonds is 4. The molecule has 0 unspecified atom stereocenters. The number of hydrogen-bond donors (Lipinski definition) is 2. The first-order chi connectivity index (χ1) is 10.3. The van der Waals surface area contributed by atoms with Gasteiger partial charge in [-0.25, -0.2) is 0 Å². The second kappa shape index (κ2) is 7.14. The molecule has 0 spiro atoms. The van der Waals surface area contributed by atoms with Crippen molar-refractivity contribution in [1.29, 1.82) is 0 Å². The number of aliphatic hydroxyl groups is 2. The number of hydrogen-bond acceptors (Lipinski definition) is 2. The van der Waals surface area contributed by atoms with Crippen molar-refractivity contribution in [2.45, 2.75) is 65.6 Å². The van der Waals surface area contributed by atoms with Crippen LogP contribution in [0.2, 0.25) is 0 Å². The van der Waals surface area contributed by atoms with Gasteiger partial charge in [-0.3, -0.25) is 0 Å². The summed E-state index contributed by atoms with van der Waals surface area (Å²) in [4.78, 5) is 0. The van der Waals surface area contributed by atoms with Crippen LogP contribution in [0.5, 0.6) is 0 Å². The summed E-state index contributed by atoms with van der Waals surface area (Å²) in [7, 11) is 0. The normalized spacial score (nSPS) is 36.4. The Kier molecular flexibility index (Phi) is 5.68. The highest BCUT2D eigenvalue weighted by atomic mass is 16.3. The molecule has 2 rings (SSSR count). The minimum atomic E-state index is -0.466. The molecule has 0 aromatic carbocycles. The van der Waals surface area contributed by atoms with Crippen molar-refractivity contribution < 1.29 is 10.2 Å². The summed E-state index contributed by atoms with van der Waals surface area (Å²) in [6, 6.07) is 0. The number of fused-ring (bicyclic) bond motifs is 1. The molecule has 2 aliphatic rings. The average Bonchev–Trinajstić information content (AvgIpc) is 2.64. The lowest BCUT2D eigenvalue weighted by atomic mass is 9.76. The van der Waals surface area contributed by atoms with E-state index in [1.807, 2.05) is 13.0 Å². The average molecular weight is 304 g/mol. The molecule has 0 amide bonds. The van der Waals surface area contributed by atoms with Gasteiger partial charge in [-0.15, -0.1) is 0 Å². The molecule has 0 aliphatic heterocycles. The van der Waals surface area contributed by atoms with Gasteiger partial charge < -0.3 is 10.2 Å². The summed E-state index contributed by atoms with van der Waals surface area (Å²) >= 11 is 0. The van der Waals surface area contributed by atoms with Gasteiger partial charge in [-0.2, -0.15) is 0 Å². The summed E-state index contributed by atoms with van der Waals surface area (Å²) in [5.74, 6) is 0.861. The monoisotopic (exact) mass is 304 g/mol. The van der Waals surface area contributed by atoms with Crippen LogP contribution in [0.1, 0.15) is 53.4 Å². The fourth-order valence-electron chi connectivity index (χ4n) is 4.38. The van der Waals surface area contributed by atoms with Gasteiger partial charge in [0, 0.05) is 11.8 Å². The van der Waals surface area contributed by atoms with Crippen molar-refractivity contribution in [2.24, 2.45) is 23.7 Å². The van der Waals surface area contributed by atoms with Gasteiger partial charge in [0.25, 0.3) is 0 Å². The molecule has 1 saturated carbocycles. The molecule has 2 heteroatoms. The van der Waals surface area contributed by atoms with E-state index in [1.165, 1.54) is 5.57 Å². The number of allylic oxidation sites excluding steroid dienone is 2. The Balaban J connectivity index is 2.12. The van der Waals surface area contributed by atoms with E-state index in [1.54, 1.807) is 0 Å². The first-order valence-corrected chi connectivity index (χ1v) is 8.68. The molecule has 124 valence electrons. The standard InChI is InChI=1S/C20H32O2/c1-12(2)7-6-8-13(3)16-10-9-14(4)18-17(21)11-15(5)19(18)20(16)22/h7,11,13,16-22H,4,6,8-10H2,1-3,5H3/t13-,16+,17-,18-,19-,20-/m1/s1. The van der Waals surface area contributed by atoms with Gasteiger partial charge in [0.15, 0.2) is 0 Å². The molecule has 0 radical (unpaired) electrons. The van der Waals surface area contributed by atoms with Crippen LogP contribution in [0.3, 0.4) is 0 Å². The summed E-state index contributed by atoms with van der Waals surface area (Å²) in [5.41, 5.74) is 3.61.